The Morgan fingerprint density at radius 2 is 2.17 bits per heavy atom. The monoisotopic (exact) mass is 165 g/mol. The highest BCUT2D eigenvalue weighted by atomic mass is 14.7. The van der Waals surface area contributed by atoms with Crippen molar-refractivity contribution in [3.63, 3.8) is 0 Å². The van der Waals surface area contributed by atoms with Crippen LogP contribution >= 0.6 is 0 Å². The number of aryl methyl sites for hydroxylation is 1. The van der Waals surface area contributed by atoms with Gasteiger partial charge in [0.1, 0.15) is 0 Å². The lowest BCUT2D eigenvalue weighted by atomic mass is 9.90. The molecule has 0 spiro atoms. The van der Waals surface area contributed by atoms with Crippen molar-refractivity contribution in [2.75, 3.05) is 0 Å². The van der Waals surface area contributed by atoms with E-state index in [4.69, 9.17) is 2.74 Å². The first kappa shape index (κ1) is 6.64. The number of hydrogen-bond acceptors (Lipinski definition) is 1. The molecule has 0 N–H and O–H groups in total. The third-order valence-electron chi connectivity index (χ3n) is 1.42. The number of nitrogens with zero attached hydrogens (tertiary/aromatic N) is 1. The van der Waals surface area contributed by atoms with Crippen LogP contribution in [-0.2, 0) is 6.37 Å². The van der Waals surface area contributed by atoms with E-state index in [2.05, 4.69) is 4.98 Å². The van der Waals surface area contributed by atoms with Gasteiger partial charge in [0.15, 0.2) is 0 Å². The van der Waals surface area contributed by atoms with Gasteiger partial charge < -0.3 is 0 Å². The zero-order chi connectivity index (χ0) is 11.0. The summed E-state index contributed by atoms with van der Waals surface area (Å²) in [6.45, 7) is 7.61. The Balaban J connectivity index is 3.16. The summed E-state index contributed by atoms with van der Waals surface area (Å²) >= 11 is 0. The van der Waals surface area contributed by atoms with E-state index in [1.165, 1.54) is 0 Å². The second-order valence-corrected chi connectivity index (χ2v) is 4.09. The molecule has 1 rings (SSSR count). The summed E-state index contributed by atoms with van der Waals surface area (Å²) in [5.41, 5.74) is 1.13. The second kappa shape index (κ2) is 3.26. The fraction of sp³-hybridized carbons (Fsp3) is 0.545. The van der Waals surface area contributed by atoms with Crippen molar-refractivity contribution in [2.24, 2.45) is 5.41 Å². The van der Waals surface area contributed by atoms with Gasteiger partial charge in [-0.1, -0.05) is 20.8 Å². The largest absolute Gasteiger partial charge is 0.261 e. The molecule has 0 radical (unpaired) electrons. The van der Waals surface area contributed by atoms with Gasteiger partial charge in [-0.25, -0.2) is 0 Å². The van der Waals surface area contributed by atoms with Crippen molar-refractivity contribution in [1.82, 2.24) is 4.98 Å². The van der Waals surface area contributed by atoms with E-state index in [0.29, 0.717) is 5.69 Å². The molecule has 0 unspecified atom stereocenters. The molecule has 0 fully saturated rings. The predicted octanol–water partition coefficient (Wildman–Crippen LogP) is 2.98. The Hall–Kier alpha value is -0.850. The average molecular weight is 165 g/mol. The molecule has 1 heteroatoms. The Morgan fingerprint density at radius 1 is 1.50 bits per heavy atom. The molecular formula is C11H17N. The lowest BCUT2D eigenvalue weighted by Gasteiger charge is -2.17. The average Bonchev–Trinajstić information content (AvgIpc) is 2.02. The van der Waals surface area contributed by atoms with Gasteiger partial charge in [0.2, 0.25) is 0 Å². The minimum absolute atomic E-state index is 0.437. The first-order valence-corrected chi connectivity index (χ1v) is 4.18. The zero-order valence-corrected chi connectivity index (χ0v) is 8.18. The third-order valence-corrected chi connectivity index (χ3v) is 1.42. The van der Waals surface area contributed by atoms with Crippen molar-refractivity contribution in [2.45, 2.75) is 34.1 Å². The van der Waals surface area contributed by atoms with Gasteiger partial charge in [-0.3, -0.25) is 4.98 Å². The van der Waals surface area contributed by atoms with Gasteiger partial charge in [0.25, 0.3) is 0 Å². The Morgan fingerprint density at radius 3 is 2.67 bits per heavy atom. The van der Waals surface area contributed by atoms with Crippen LogP contribution < -0.4 is 0 Å². The second-order valence-electron chi connectivity index (χ2n) is 4.09. The SMILES string of the molecule is [2H]C([2H])(c1cc(C)ccn1)C(C)(C)C. The molecule has 0 aliphatic rings. The molecule has 0 aromatic carbocycles. The van der Waals surface area contributed by atoms with Crippen LogP contribution in [0.3, 0.4) is 0 Å². The number of rotatable bonds is 1. The van der Waals surface area contributed by atoms with Crippen molar-refractivity contribution in [1.29, 1.82) is 0 Å². The van der Waals surface area contributed by atoms with Crippen LogP contribution in [-0.4, -0.2) is 4.98 Å². The van der Waals surface area contributed by atoms with Crippen molar-refractivity contribution >= 4 is 0 Å². The van der Waals surface area contributed by atoms with Crippen molar-refractivity contribution in [3.05, 3.63) is 29.6 Å². The van der Waals surface area contributed by atoms with E-state index in [1.54, 1.807) is 6.20 Å². The predicted molar refractivity (Wildman–Crippen MR) is 52.1 cm³/mol. The normalized spacial score (nSPS) is 15.3. The fourth-order valence-electron chi connectivity index (χ4n) is 0.989. The van der Waals surface area contributed by atoms with Crippen LogP contribution in [0.2, 0.25) is 0 Å². The highest BCUT2D eigenvalue weighted by Gasteiger charge is 2.11. The van der Waals surface area contributed by atoms with Gasteiger partial charge in [-0.05, 0) is 36.4 Å². The van der Waals surface area contributed by atoms with E-state index < -0.39 is 11.8 Å². The van der Waals surface area contributed by atoms with Crippen molar-refractivity contribution in [3.8, 4) is 0 Å². The number of aromatic nitrogens is 1. The summed E-state index contributed by atoms with van der Waals surface area (Å²) < 4.78 is 16.0. The molecular weight excluding hydrogens is 146 g/mol. The Bertz CT molecular complexity index is 326. The highest BCUT2D eigenvalue weighted by molar-refractivity contribution is 5.15. The maximum absolute atomic E-state index is 8.02. The zero-order valence-electron chi connectivity index (χ0n) is 10.2. The molecule has 0 amide bonds. The third kappa shape index (κ3) is 3.04. The minimum atomic E-state index is -1.39. The molecule has 0 atom stereocenters. The Labute approximate surface area is 77.7 Å². The first-order chi connectivity index (χ1) is 6.25. The molecule has 0 bridgehead atoms. The minimum Gasteiger partial charge on any atom is -0.261 e. The molecule has 1 heterocycles. The van der Waals surface area contributed by atoms with Gasteiger partial charge >= 0.3 is 0 Å². The lowest BCUT2D eigenvalue weighted by molar-refractivity contribution is 0.406. The number of pyridine rings is 1. The standard InChI is InChI=1S/C11H17N/c1-9-5-6-12-10(7-9)8-11(2,3)4/h5-7H,8H2,1-4H3/i8D2. The van der Waals surface area contributed by atoms with E-state index >= 15 is 0 Å². The van der Waals surface area contributed by atoms with E-state index in [1.807, 2.05) is 39.8 Å². The van der Waals surface area contributed by atoms with E-state index in [-0.39, 0.29) is 0 Å². The molecule has 1 nitrogen and oxygen atoms in total. The molecule has 0 aliphatic carbocycles. The first-order valence-electron chi connectivity index (χ1n) is 5.18. The maximum Gasteiger partial charge on any atom is 0.0411 e. The van der Waals surface area contributed by atoms with Gasteiger partial charge in [-0.15, -0.1) is 0 Å². The van der Waals surface area contributed by atoms with Crippen LogP contribution in [0, 0.1) is 12.3 Å². The molecule has 1 aromatic heterocycles. The maximum atomic E-state index is 8.02. The molecule has 1 aromatic rings. The molecule has 0 saturated heterocycles. The molecule has 0 aliphatic heterocycles. The summed E-state index contributed by atoms with van der Waals surface area (Å²) in [6, 6.07) is 3.69. The Kier molecular flexibility index (Phi) is 1.80. The summed E-state index contributed by atoms with van der Waals surface area (Å²) in [5, 5.41) is 0. The molecule has 0 saturated carbocycles. The van der Waals surface area contributed by atoms with Crippen LogP contribution in [0.4, 0.5) is 0 Å². The fourth-order valence-corrected chi connectivity index (χ4v) is 0.989. The summed E-state index contributed by atoms with van der Waals surface area (Å²) in [7, 11) is 0. The smallest absolute Gasteiger partial charge is 0.0411 e. The molecule has 66 valence electrons. The summed E-state index contributed by atoms with van der Waals surface area (Å²) in [6.07, 6.45) is 0.271. The summed E-state index contributed by atoms with van der Waals surface area (Å²) in [4.78, 5) is 4.10. The summed E-state index contributed by atoms with van der Waals surface area (Å²) in [5.74, 6) is 0. The van der Waals surface area contributed by atoms with E-state index in [9.17, 15) is 0 Å². The number of hydrogen-bond donors (Lipinski definition) is 0. The van der Waals surface area contributed by atoms with Crippen LogP contribution in [0.5, 0.6) is 0 Å². The van der Waals surface area contributed by atoms with Gasteiger partial charge in [-0.2, -0.15) is 0 Å². The topological polar surface area (TPSA) is 12.9 Å². The van der Waals surface area contributed by atoms with Crippen LogP contribution in [0.15, 0.2) is 18.3 Å². The van der Waals surface area contributed by atoms with Gasteiger partial charge in [0, 0.05) is 14.6 Å². The van der Waals surface area contributed by atoms with Gasteiger partial charge in [0.05, 0.1) is 0 Å². The van der Waals surface area contributed by atoms with Crippen LogP contribution in [0.1, 0.15) is 34.8 Å². The molecule has 12 heavy (non-hydrogen) atoms. The quantitative estimate of drug-likeness (QED) is 0.623. The van der Waals surface area contributed by atoms with Crippen molar-refractivity contribution < 1.29 is 2.74 Å². The van der Waals surface area contributed by atoms with E-state index in [0.717, 1.165) is 5.56 Å². The van der Waals surface area contributed by atoms with Crippen LogP contribution in [0.25, 0.3) is 0 Å². The lowest BCUT2D eigenvalue weighted by Crippen LogP contribution is -2.10. The highest BCUT2D eigenvalue weighted by Crippen LogP contribution is 2.19.